The van der Waals surface area contributed by atoms with Crippen LogP contribution in [-0.2, 0) is 23.4 Å². The lowest BCUT2D eigenvalue weighted by Crippen LogP contribution is -2.28. The second kappa shape index (κ2) is 36.6. The maximum absolute atomic E-state index is 12.4. The fourth-order valence-corrected chi connectivity index (χ4v) is 6.21. The zero-order chi connectivity index (χ0) is 34.5. The van der Waals surface area contributed by atoms with Gasteiger partial charge in [-0.3, -0.25) is 9.32 Å². The lowest BCUT2D eigenvalue weighted by molar-refractivity contribution is -0.154. The van der Waals surface area contributed by atoms with E-state index in [0.29, 0.717) is 13.0 Å². The van der Waals surface area contributed by atoms with E-state index in [9.17, 15) is 9.36 Å². The van der Waals surface area contributed by atoms with Crippen LogP contribution in [0, 0.1) is 0 Å². The maximum atomic E-state index is 12.4. The molecule has 1 atom stereocenters. The van der Waals surface area contributed by atoms with E-state index in [-0.39, 0.29) is 19.2 Å². The highest BCUT2D eigenvalue weighted by molar-refractivity contribution is 7.46. The molecule has 2 N–H and O–H groups in total. The van der Waals surface area contributed by atoms with Crippen LogP contribution in [0.5, 0.6) is 0 Å². The van der Waals surface area contributed by atoms with Crippen LogP contribution in [0.1, 0.15) is 206 Å². The molecule has 0 aromatic carbocycles. The van der Waals surface area contributed by atoms with Crippen LogP contribution in [0.3, 0.4) is 0 Å². The van der Waals surface area contributed by atoms with Gasteiger partial charge < -0.3 is 19.3 Å². The Balaban J connectivity index is 3.79. The summed E-state index contributed by atoms with van der Waals surface area (Å²) in [6.45, 7) is 4.77. The van der Waals surface area contributed by atoms with Crippen molar-refractivity contribution < 1.29 is 33.1 Å². The number of hydrogen-bond donors (Lipinski definition) is 2. The summed E-state index contributed by atoms with van der Waals surface area (Å²) in [5.74, 6) is -0.368. The standard InChI is InChI=1S/C39H77O7P/c1-3-5-7-9-11-13-15-17-19-21-23-25-27-29-31-33-35-44-36-38(37-45-47(41,42)43)46-39(40)34-32-30-28-26-24-22-20-18-16-14-12-10-8-6-4-2/h18,20,38H,3-17,19,21-37H2,1-2H3,(H2,41,42,43)/b20-18-. The van der Waals surface area contributed by atoms with Crippen molar-refractivity contribution in [3.8, 4) is 0 Å². The van der Waals surface area contributed by atoms with Gasteiger partial charge in [0, 0.05) is 13.0 Å². The summed E-state index contributed by atoms with van der Waals surface area (Å²) < 4.78 is 26.9. The number of ether oxygens (including phenoxy) is 2. The number of unbranched alkanes of at least 4 members (excludes halogenated alkanes) is 26. The molecule has 0 heterocycles. The molecular weight excluding hydrogens is 611 g/mol. The Hall–Kier alpha value is -0.720. The summed E-state index contributed by atoms with van der Waals surface area (Å²) in [6, 6.07) is 0. The highest BCUT2D eigenvalue weighted by Gasteiger charge is 2.21. The molecular formula is C39H77O7P. The molecule has 0 rings (SSSR count). The average Bonchev–Trinajstić information content (AvgIpc) is 3.04. The molecule has 280 valence electrons. The van der Waals surface area contributed by atoms with Crippen molar-refractivity contribution >= 4 is 13.8 Å². The SMILES string of the molecule is CCCCCCCC/C=C\CCCCCCCC(=O)OC(COCCCCCCCCCCCCCCCCCC)COP(=O)(O)O. The number of phosphoric acid groups is 1. The van der Waals surface area contributed by atoms with Gasteiger partial charge in [0.1, 0.15) is 6.10 Å². The summed E-state index contributed by atoms with van der Waals surface area (Å²) >= 11 is 0. The molecule has 0 aliphatic carbocycles. The summed E-state index contributed by atoms with van der Waals surface area (Å²) in [5.41, 5.74) is 0. The van der Waals surface area contributed by atoms with Gasteiger partial charge in [0.05, 0.1) is 13.2 Å². The summed E-state index contributed by atoms with van der Waals surface area (Å²) in [6.07, 6.45) is 40.6. The molecule has 0 aromatic rings. The van der Waals surface area contributed by atoms with Crippen LogP contribution >= 0.6 is 7.82 Å². The molecule has 0 bridgehead atoms. The molecule has 0 amide bonds. The first-order chi connectivity index (χ1) is 22.9. The van der Waals surface area contributed by atoms with Crippen molar-refractivity contribution in [2.24, 2.45) is 0 Å². The van der Waals surface area contributed by atoms with Gasteiger partial charge in [0.2, 0.25) is 0 Å². The van der Waals surface area contributed by atoms with Gasteiger partial charge in [-0.25, -0.2) is 4.57 Å². The number of carbonyl (C=O) groups excluding carboxylic acids is 1. The molecule has 7 nitrogen and oxygen atoms in total. The number of esters is 1. The van der Waals surface area contributed by atoms with Crippen LogP contribution < -0.4 is 0 Å². The van der Waals surface area contributed by atoms with Crippen molar-refractivity contribution in [1.29, 1.82) is 0 Å². The minimum absolute atomic E-state index is 0.0802. The molecule has 0 spiro atoms. The molecule has 0 radical (unpaired) electrons. The second-order valence-corrected chi connectivity index (χ2v) is 14.9. The smallest absolute Gasteiger partial charge is 0.457 e. The van der Waals surface area contributed by atoms with Crippen molar-refractivity contribution in [3.63, 3.8) is 0 Å². The number of rotatable bonds is 38. The van der Waals surface area contributed by atoms with Crippen molar-refractivity contribution in [3.05, 3.63) is 12.2 Å². The predicted octanol–water partition coefficient (Wildman–Crippen LogP) is 12.3. The fraction of sp³-hybridized carbons (Fsp3) is 0.923. The molecule has 0 saturated carbocycles. The molecule has 0 fully saturated rings. The van der Waals surface area contributed by atoms with Crippen LogP contribution in [0.4, 0.5) is 0 Å². The van der Waals surface area contributed by atoms with Crippen LogP contribution in [0.25, 0.3) is 0 Å². The number of carbonyl (C=O) groups is 1. The quantitative estimate of drug-likeness (QED) is 0.0288. The third kappa shape index (κ3) is 39.6. The highest BCUT2D eigenvalue weighted by Crippen LogP contribution is 2.36. The first kappa shape index (κ1) is 46.3. The van der Waals surface area contributed by atoms with E-state index < -0.39 is 13.9 Å². The van der Waals surface area contributed by atoms with Gasteiger partial charge in [-0.15, -0.1) is 0 Å². The summed E-state index contributed by atoms with van der Waals surface area (Å²) in [5, 5.41) is 0. The molecule has 0 aliphatic heterocycles. The third-order valence-electron chi connectivity index (χ3n) is 8.82. The van der Waals surface area contributed by atoms with E-state index in [1.165, 1.54) is 141 Å². The molecule has 1 unspecified atom stereocenters. The Bertz CT molecular complexity index is 724. The number of phosphoric ester groups is 1. The van der Waals surface area contributed by atoms with Crippen molar-refractivity contribution in [2.75, 3.05) is 19.8 Å². The third-order valence-corrected chi connectivity index (χ3v) is 9.30. The Kier molecular flexibility index (Phi) is 36.0. The summed E-state index contributed by atoms with van der Waals surface area (Å²) in [4.78, 5) is 30.5. The van der Waals surface area contributed by atoms with Crippen molar-refractivity contribution in [2.45, 2.75) is 213 Å². The zero-order valence-electron chi connectivity index (χ0n) is 30.9. The topological polar surface area (TPSA) is 102 Å². The van der Waals surface area contributed by atoms with E-state index in [4.69, 9.17) is 19.3 Å². The molecule has 0 aromatic heterocycles. The van der Waals surface area contributed by atoms with E-state index >= 15 is 0 Å². The van der Waals surface area contributed by atoms with Crippen molar-refractivity contribution in [1.82, 2.24) is 0 Å². The van der Waals surface area contributed by atoms with Crippen LogP contribution in [0.2, 0.25) is 0 Å². The molecule has 0 saturated heterocycles. The minimum Gasteiger partial charge on any atom is -0.457 e. The normalized spacial score (nSPS) is 12.7. The first-order valence-electron chi connectivity index (χ1n) is 20.0. The Morgan fingerprint density at radius 2 is 0.936 bits per heavy atom. The highest BCUT2D eigenvalue weighted by atomic mass is 31.2. The van der Waals surface area contributed by atoms with Crippen LogP contribution in [-0.4, -0.2) is 41.7 Å². The first-order valence-corrected chi connectivity index (χ1v) is 21.5. The average molecular weight is 689 g/mol. The fourth-order valence-electron chi connectivity index (χ4n) is 5.85. The monoisotopic (exact) mass is 689 g/mol. The zero-order valence-corrected chi connectivity index (χ0v) is 31.8. The Morgan fingerprint density at radius 1 is 0.553 bits per heavy atom. The van der Waals surface area contributed by atoms with Gasteiger partial charge in [0.25, 0.3) is 0 Å². The molecule has 8 heteroatoms. The predicted molar refractivity (Wildman–Crippen MR) is 198 cm³/mol. The number of hydrogen-bond acceptors (Lipinski definition) is 5. The van der Waals surface area contributed by atoms with Gasteiger partial charge in [-0.1, -0.05) is 174 Å². The second-order valence-electron chi connectivity index (χ2n) is 13.6. The summed E-state index contributed by atoms with van der Waals surface area (Å²) in [7, 11) is -4.65. The number of allylic oxidation sites excluding steroid dienone is 2. The maximum Gasteiger partial charge on any atom is 0.469 e. The largest absolute Gasteiger partial charge is 0.469 e. The van der Waals surface area contributed by atoms with E-state index in [1.54, 1.807) is 0 Å². The van der Waals surface area contributed by atoms with Gasteiger partial charge in [0.15, 0.2) is 0 Å². The Labute approximate surface area is 291 Å². The van der Waals surface area contributed by atoms with Crippen LogP contribution in [0.15, 0.2) is 12.2 Å². The van der Waals surface area contributed by atoms with E-state index in [1.807, 2.05) is 0 Å². The van der Waals surface area contributed by atoms with E-state index in [0.717, 1.165) is 44.9 Å². The lowest BCUT2D eigenvalue weighted by Gasteiger charge is -2.18. The molecule has 0 aliphatic rings. The van der Waals surface area contributed by atoms with Gasteiger partial charge in [-0.2, -0.15) is 0 Å². The lowest BCUT2D eigenvalue weighted by atomic mass is 10.0. The van der Waals surface area contributed by atoms with Gasteiger partial charge >= 0.3 is 13.8 Å². The van der Waals surface area contributed by atoms with Gasteiger partial charge in [-0.05, 0) is 38.5 Å². The Morgan fingerprint density at radius 3 is 1.36 bits per heavy atom. The molecule has 47 heavy (non-hydrogen) atoms. The minimum atomic E-state index is -4.65. The van der Waals surface area contributed by atoms with E-state index in [2.05, 4.69) is 30.5 Å².